The number of carbonyl (C=O) groups is 2. The molecule has 0 aliphatic carbocycles. The Balaban J connectivity index is 1.72. The molecule has 0 spiro atoms. The zero-order chi connectivity index (χ0) is 23.3. The highest BCUT2D eigenvalue weighted by Gasteiger charge is 2.23. The number of nitrogens with one attached hydrogen (secondary N) is 1. The highest BCUT2D eigenvalue weighted by Crippen LogP contribution is 2.34. The molecule has 1 unspecified atom stereocenters. The molecule has 2 aromatic rings. The molecule has 2 heterocycles. The van der Waals surface area contributed by atoms with Crippen molar-refractivity contribution < 1.29 is 32.6 Å². The normalized spacial score (nSPS) is 15.3. The molecule has 1 aromatic heterocycles. The van der Waals surface area contributed by atoms with Crippen LogP contribution >= 0.6 is 11.3 Å². The number of guanidine groups is 1. The Labute approximate surface area is 187 Å². The average molecular weight is 485 g/mol. The number of ether oxygens (including phenoxy) is 1. The van der Waals surface area contributed by atoms with Gasteiger partial charge in [0.1, 0.15) is 17.4 Å². The number of thiazole rings is 1. The maximum absolute atomic E-state index is 14.6. The first kappa shape index (κ1) is 23.5. The SMILES string of the molecule is NC(=NCC(=O)Nc1ccc(N(c2scnc2C(=O)O)S(=O)[O-])cc1F)N1CCOCC1. The molecule has 1 fully saturated rings. The van der Waals surface area contributed by atoms with Crippen molar-refractivity contribution in [2.45, 2.75) is 0 Å². The van der Waals surface area contributed by atoms with Crippen LogP contribution in [0.4, 0.5) is 20.8 Å². The second-order valence-electron chi connectivity index (χ2n) is 6.31. The topological polar surface area (TPSA) is 174 Å². The van der Waals surface area contributed by atoms with E-state index in [1.165, 1.54) is 6.07 Å². The summed E-state index contributed by atoms with van der Waals surface area (Å²) in [6.07, 6.45) is 0. The Morgan fingerprint density at radius 3 is 2.78 bits per heavy atom. The van der Waals surface area contributed by atoms with Crippen molar-refractivity contribution in [3.05, 3.63) is 35.2 Å². The van der Waals surface area contributed by atoms with Gasteiger partial charge in [0.25, 0.3) is 0 Å². The predicted molar refractivity (Wildman–Crippen MR) is 114 cm³/mol. The van der Waals surface area contributed by atoms with Crippen LogP contribution in [0.15, 0.2) is 28.7 Å². The summed E-state index contributed by atoms with van der Waals surface area (Å²) >= 11 is -2.19. The molecule has 172 valence electrons. The van der Waals surface area contributed by atoms with E-state index in [9.17, 15) is 22.7 Å². The summed E-state index contributed by atoms with van der Waals surface area (Å²) in [5.74, 6) is -2.82. The minimum Gasteiger partial charge on any atom is -0.755 e. The summed E-state index contributed by atoms with van der Waals surface area (Å²) in [6.45, 7) is 1.76. The molecule has 12 nitrogen and oxygen atoms in total. The standard InChI is InChI=1S/C17H19FN6O6S2/c18-11-7-10(24(32(28)29)15-14(16(26)27)21-9-31-15)1-2-12(11)22-13(25)8-20-17(19)23-3-5-30-6-4-23/h1-2,7,9H,3-6,8H2,(H2,19,20)(H,22,25)(H,26,27)(H,28,29)/p-1. The Kier molecular flexibility index (Phi) is 7.68. The fraction of sp³-hybridized carbons (Fsp3) is 0.294. The third-order valence-corrected chi connectivity index (χ3v) is 5.88. The number of halogens is 1. The number of aromatic nitrogens is 1. The van der Waals surface area contributed by atoms with Gasteiger partial charge in [0.05, 0.1) is 41.4 Å². The molecule has 1 saturated heterocycles. The van der Waals surface area contributed by atoms with Gasteiger partial charge in [0.2, 0.25) is 5.91 Å². The van der Waals surface area contributed by atoms with Gasteiger partial charge in [0, 0.05) is 19.2 Å². The number of aromatic carboxylic acids is 1. The maximum Gasteiger partial charge on any atom is 0.357 e. The molecule has 0 bridgehead atoms. The zero-order valence-corrected chi connectivity index (χ0v) is 18.0. The van der Waals surface area contributed by atoms with E-state index in [0.29, 0.717) is 30.6 Å². The second-order valence-corrected chi connectivity index (χ2v) is 7.94. The first-order chi connectivity index (χ1) is 15.3. The summed E-state index contributed by atoms with van der Waals surface area (Å²) in [6, 6.07) is 3.21. The first-order valence-corrected chi connectivity index (χ1v) is 11.0. The van der Waals surface area contributed by atoms with Gasteiger partial charge in [-0.25, -0.2) is 19.2 Å². The van der Waals surface area contributed by atoms with Gasteiger partial charge in [-0.1, -0.05) is 0 Å². The third kappa shape index (κ3) is 5.56. The number of rotatable bonds is 7. The van der Waals surface area contributed by atoms with Crippen molar-refractivity contribution in [2.75, 3.05) is 42.5 Å². The van der Waals surface area contributed by atoms with Gasteiger partial charge in [0.15, 0.2) is 11.7 Å². The van der Waals surface area contributed by atoms with Crippen molar-refractivity contribution in [3.63, 3.8) is 0 Å². The molecule has 4 N–H and O–H groups in total. The third-order valence-electron chi connectivity index (χ3n) is 4.27. The van der Waals surface area contributed by atoms with Crippen LogP contribution in [-0.4, -0.2) is 74.4 Å². The summed E-state index contributed by atoms with van der Waals surface area (Å²) < 4.78 is 43.8. The Bertz CT molecular complexity index is 1060. The van der Waals surface area contributed by atoms with Gasteiger partial charge < -0.3 is 30.3 Å². The van der Waals surface area contributed by atoms with Gasteiger partial charge >= 0.3 is 5.97 Å². The molecule has 1 atom stereocenters. The van der Waals surface area contributed by atoms with Crippen LogP contribution in [0.2, 0.25) is 0 Å². The minimum absolute atomic E-state index is 0.171. The number of amides is 1. The fourth-order valence-corrected chi connectivity index (χ4v) is 4.30. The lowest BCUT2D eigenvalue weighted by Crippen LogP contribution is -2.45. The maximum atomic E-state index is 14.6. The molecular formula is C17H18FN6O6S2-. The quantitative estimate of drug-likeness (QED) is 0.287. The van der Waals surface area contributed by atoms with E-state index in [0.717, 1.165) is 29.0 Å². The molecule has 3 rings (SSSR count). The van der Waals surface area contributed by atoms with Crippen LogP contribution in [0, 0.1) is 5.82 Å². The molecule has 1 amide bonds. The van der Waals surface area contributed by atoms with E-state index >= 15 is 0 Å². The monoisotopic (exact) mass is 485 g/mol. The fourth-order valence-electron chi connectivity index (χ4n) is 2.77. The number of carbonyl (C=O) groups excluding carboxylic acids is 1. The first-order valence-electron chi connectivity index (χ1n) is 9.06. The van der Waals surface area contributed by atoms with Crippen LogP contribution in [0.3, 0.4) is 0 Å². The molecule has 0 saturated carbocycles. The Morgan fingerprint density at radius 2 is 2.16 bits per heavy atom. The lowest BCUT2D eigenvalue weighted by atomic mass is 10.2. The van der Waals surface area contributed by atoms with E-state index in [1.54, 1.807) is 4.90 Å². The van der Waals surface area contributed by atoms with Crippen molar-refractivity contribution in [2.24, 2.45) is 10.7 Å². The number of benzene rings is 1. The van der Waals surface area contributed by atoms with Gasteiger partial charge in [-0.2, -0.15) is 0 Å². The Hall–Kier alpha value is -3.14. The number of carboxylic acids is 1. The summed E-state index contributed by atoms with van der Waals surface area (Å²) in [5, 5.41) is 11.3. The number of anilines is 3. The molecule has 1 aliphatic heterocycles. The van der Waals surface area contributed by atoms with Crippen LogP contribution in [0.5, 0.6) is 0 Å². The molecule has 15 heteroatoms. The number of nitrogens with two attached hydrogens (primary N) is 1. The summed E-state index contributed by atoms with van der Waals surface area (Å²) in [4.78, 5) is 32.7. The number of hydrogen-bond donors (Lipinski definition) is 3. The molecule has 1 aromatic carbocycles. The van der Waals surface area contributed by atoms with E-state index in [1.807, 2.05) is 0 Å². The Morgan fingerprint density at radius 1 is 1.44 bits per heavy atom. The summed E-state index contributed by atoms with van der Waals surface area (Å²) in [5.41, 5.74) is 6.12. The van der Waals surface area contributed by atoms with E-state index in [-0.39, 0.29) is 28.9 Å². The number of nitrogens with zero attached hydrogens (tertiary/aromatic N) is 4. The zero-order valence-electron chi connectivity index (χ0n) is 16.4. The van der Waals surface area contributed by atoms with E-state index in [4.69, 9.17) is 15.6 Å². The molecule has 0 radical (unpaired) electrons. The van der Waals surface area contributed by atoms with Crippen LogP contribution in [0.1, 0.15) is 10.5 Å². The van der Waals surface area contributed by atoms with Crippen molar-refractivity contribution in [3.8, 4) is 0 Å². The number of morpholine rings is 1. The molecular weight excluding hydrogens is 467 g/mol. The highest BCUT2D eigenvalue weighted by molar-refractivity contribution is 7.81. The van der Waals surface area contributed by atoms with Crippen LogP contribution < -0.4 is 15.4 Å². The number of carboxylic acid groups (broad SMARTS) is 1. The van der Waals surface area contributed by atoms with E-state index in [2.05, 4.69) is 15.3 Å². The predicted octanol–water partition coefficient (Wildman–Crippen LogP) is 0.498. The lowest BCUT2D eigenvalue weighted by molar-refractivity contribution is -0.114. The van der Waals surface area contributed by atoms with Gasteiger partial charge in [-0.15, -0.1) is 11.3 Å². The van der Waals surface area contributed by atoms with Gasteiger partial charge in [-0.05, 0) is 12.1 Å². The van der Waals surface area contributed by atoms with E-state index < -0.39 is 34.7 Å². The highest BCUT2D eigenvalue weighted by atomic mass is 32.2. The van der Waals surface area contributed by atoms with Crippen molar-refractivity contribution >= 4 is 56.8 Å². The molecule has 1 aliphatic rings. The number of aliphatic imine (C=N–C) groups is 1. The smallest absolute Gasteiger partial charge is 0.357 e. The van der Waals surface area contributed by atoms with Gasteiger partial charge in [-0.3, -0.25) is 13.3 Å². The second kappa shape index (κ2) is 10.4. The molecule has 32 heavy (non-hydrogen) atoms. The van der Waals surface area contributed by atoms with Crippen LogP contribution in [0.25, 0.3) is 0 Å². The average Bonchev–Trinajstić information content (AvgIpc) is 3.24. The summed E-state index contributed by atoms with van der Waals surface area (Å²) in [7, 11) is 0. The van der Waals surface area contributed by atoms with Crippen molar-refractivity contribution in [1.29, 1.82) is 0 Å². The van der Waals surface area contributed by atoms with Crippen LogP contribution in [-0.2, 0) is 20.8 Å². The number of hydrogen-bond acceptors (Lipinski definition) is 8. The largest absolute Gasteiger partial charge is 0.755 e. The lowest BCUT2D eigenvalue weighted by Gasteiger charge is -2.27. The van der Waals surface area contributed by atoms with Crippen molar-refractivity contribution in [1.82, 2.24) is 9.88 Å². The minimum atomic E-state index is -2.96.